The maximum Gasteiger partial charge on any atom is 0.147 e. The summed E-state index contributed by atoms with van der Waals surface area (Å²) >= 11 is 0. The molecule has 4 heteroatoms. The molecule has 0 bridgehead atoms. The highest BCUT2D eigenvalue weighted by molar-refractivity contribution is 5.78. The fourth-order valence-corrected chi connectivity index (χ4v) is 2.97. The number of fused-ring (bicyclic) bond motifs is 3. The van der Waals surface area contributed by atoms with E-state index >= 15 is 0 Å². The molecule has 2 heterocycles. The summed E-state index contributed by atoms with van der Waals surface area (Å²) in [6.07, 6.45) is -0.00972. The van der Waals surface area contributed by atoms with Crippen LogP contribution in [0.4, 0.5) is 5.69 Å². The fourth-order valence-electron chi connectivity index (χ4n) is 2.97. The molecule has 0 unspecified atom stereocenters. The SMILES string of the molecule is COc1ccc([C@H]2Nc3ccccc3-c3cc(C)nn32)cc1. The first-order chi connectivity index (χ1) is 10.8. The van der Waals surface area contributed by atoms with Crippen LogP contribution in [0.5, 0.6) is 5.75 Å². The Morgan fingerprint density at radius 3 is 2.64 bits per heavy atom. The molecule has 1 aliphatic rings. The molecule has 0 fully saturated rings. The summed E-state index contributed by atoms with van der Waals surface area (Å²) in [6, 6.07) is 18.6. The molecule has 4 nitrogen and oxygen atoms in total. The minimum atomic E-state index is -0.00972. The van der Waals surface area contributed by atoms with Crippen LogP contribution in [0.25, 0.3) is 11.3 Å². The summed E-state index contributed by atoms with van der Waals surface area (Å²) < 4.78 is 7.30. The quantitative estimate of drug-likeness (QED) is 0.779. The van der Waals surface area contributed by atoms with E-state index in [1.165, 1.54) is 5.56 Å². The van der Waals surface area contributed by atoms with Gasteiger partial charge in [-0.3, -0.25) is 0 Å². The molecule has 0 aliphatic carbocycles. The Morgan fingerprint density at radius 2 is 1.86 bits per heavy atom. The molecular formula is C18H17N3O. The van der Waals surface area contributed by atoms with E-state index in [2.05, 4.69) is 57.6 Å². The van der Waals surface area contributed by atoms with Gasteiger partial charge in [0.1, 0.15) is 11.9 Å². The number of rotatable bonds is 2. The summed E-state index contributed by atoms with van der Waals surface area (Å²) in [6.45, 7) is 2.03. The molecule has 0 saturated carbocycles. The zero-order valence-corrected chi connectivity index (χ0v) is 12.6. The van der Waals surface area contributed by atoms with Crippen molar-refractivity contribution < 1.29 is 4.74 Å². The van der Waals surface area contributed by atoms with Gasteiger partial charge in [0.2, 0.25) is 0 Å². The van der Waals surface area contributed by atoms with Crippen molar-refractivity contribution in [1.82, 2.24) is 9.78 Å². The van der Waals surface area contributed by atoms with Gasteiger partial charge in [-0.2, -0.15) is 5.10 Å². The van der Waals surface area contributed by atoms with E-state index in [4.69, 9.17) is 4.74 Å². The largest absolute Gasteiger partial charge is 0.497 e. The summed E-state index contributed by atoms with van der Waals surface area (Å²) in [5, 5.41) is 8.25. The number of aromatic nitrogens is 2. The first-order valence-corrected chi connectivity index (χ1v) is 7.32. The lowest BCUT2D eigenvalue weighted by Gasteiger charge is -2.29. The van der Waals surface area contributed by atoms with Crippen LogP contribution in [0, 0.1) is 6.92 Å². The summed E-state index contributed by atoms with van der Waals surface area (Å²) in [5.74, 6) is 0.858. The number of aryl methyl sites for hydroxylation is 1. The number of para-hydroxylation sites is 1. The van der Waals surface area contributed by atoms with Crippen molar-refractivity contribution in [3.8, 4) is 17.0 Å². The lowest BCUT2D eigenvalue weighted by atomic mass is 10.0. The lowest BCUT2D eigenvalue weighted by molar-refractivity contribution is 0.414. The average Bonchev–Trinajstić information content (AvgIpc) is 2.96. The second kappa shape index (κ2) is 4.91. The second-order valence-electron chi connectivity index (χ2n) is 5.48. The van der Waals surface area contributed by atoms with Crippen molar-refractivity contribution in [2.75, 3.05) is 12.4 Å². The van der Waals surface area contributed by atoms with Crippen molar-refractivity contribution in [3.05, 3.63) is 65.9 Å². The summed E-state index contributed by atoms with van der Waals surface area (Å²) in [7, 11) is 1.68. The highest BCUT2D eigenvalue weighted by Gasteiger charge is 2.25. The van der Waals surface area contributed by atoms with Gasteiger partial charge >= 0.3 is 0 Å². The predicted molar refractivity (Wildman–Crippen MR) is 87.2 cm³/mol. The molecule has 1 N–H and O–H groups in total. The Morgan fingerprint density at radius 1 is 1.09 bits per heavy atom. The number of nitrogens with zero attached hydrogens (tertiary/aromatic N) is 2. The minimum absolute atomic E-state index is 0.00972. The Kier molecular flexibility index (Phi) is 2.89. The molecule has 1 aliphatic heterocycles. The standard InChI is InChI=1S/C18H17N3O/c1-12-11-17-15-5-3-4-6-16(15)19-18(21(17)20-12)13-7-9-14(22-2)10-8-13/h3-11,18-19H,1-2H3/t18-/m0/s1. The summed E-state index contributed by atoms with van der Waals surface area (Å²) in [4.78, 5) is 0. The van der Waals surface area contributed by atoms with Crippen molar-refractivity contribution >= 4 is 5.69 Å². The monoisotopic (exact) mass is 291 g/mol. The maximum absolute atomic E-state index is 5.24. The van der Waals surface area contributed by atoms with Crippen LogP contribution in [0.1, 0.15) is 17.4 Å². The summed E-state index contributed by atoms with van der Waals surface area (Å²) in [5.41, 5.74) is 5.64. The number of hydrogen-bond acceptors (Lipinski definition) is 3. The van der Waals surface area contributed by atoms with Gasteiger partial charge in [0.15, 0.2) is 0 Å². The fraction of sp³-hybridized carbons (Fsp3) is 0.167. The molecule has 3 aromatic rings. The first kappa shape index (κ1) is 13.0. The molecule has 2 aromatic carbocycles. The minimum Gasteiger partial charge on any atom is -0.497 e. The van der Waals surface area contributed by atoms with Crippen LogP contribution in [0.2, 0.25) is 0 Å². The normalized spacial score (nSPS) is 15.6. The van der Waals surface area contributed by atoms with E-state index in [0.717, 1.165) is 28.4 Å². The third-order valence-corrected chi connectivity index (χ3v) is 4.03. The maximum atomic E-state index is 5.24. The van der Waals surface area contributed by atoms with Crippen LogP contribution in [0.15, 0.2) is 54.6 Å². The van der Waals surface area contributed by atoms with E-state index in [1.807, 2.05) is 19.1 Å². The van der Waals surface area contributed by atoms with Crippen molar-refractivity contribution in [2.45, 2.75) is 13.1 Å². The number of hydrogen-bond donors (Lipinski definition) is 1. The number of benzene rings is 2. The smallest absolute Gasteiger partial charge is 0.147 e. The van der Waals surface area contributed by atoms with Gasteiger partial charge in [0, 0.05) is 11.3 Å². The molecule has 1 aromatic heterocycles. The molecular weight excluding hydrogens is 274 g/mol. The van der Waals surface area contributed by atoms with Gasteiger partial charge in [-0.15, -0.1) is 0 Å². The molecule has 0 saturated heterocycles. The average molecular weight is 291 g/mol. The number of anilines is 1. The van der Waals surface area contributed by atoms with E-state index in [1.54, 1.807) is 7.11 Å². The van der Waals surface area contributed by atoms with Crippen LogP contribution in [-0.4, -0.2) is 16.9 Å². The number of methoxy groups -OCH3 is 1. The van der Waals surface area contributed by atoms with Crippen LogP contribution in [0.3, 0.4) is 0 Å². The zero-order valence-electron chi connectivity index (χ0n) is 12.6. The van der Waals surface area contributed by atoms with Gasteiger partial charge in [0.25, 0.3) is 0 Å². The van der Waals surface area contributed by atoms with E-state index in [-0.39, 0.29) is 6.17 Å². The Hall–Kier alpha value is -2.75. The Bertz CT molecular complexity index is 821. The zero-order chi connectivity index (χ0) is 15.1. The van der Waals surface area contributed by atoms with E-state index in [9.17, 15) is 0 Å². The topological polar surface area (TPSA) is 39.1 Å². The first-order valence-electron chi connectivity index (χ1n) is 7.32. The Labute approximate surface area is 129 Å². The number of nitrogens with one attached hydrogen (secondary N) is 1. The lowest BCUT2D eigenvalue weighted by Crippen LogP contribution is -2.25. The van der Waals surface area contributed by atoms with Gasteiger partial charge in [-0.05, 0) is 36.8 Å². The highest BCUT2D eigenvalue weighted by atomic mass is 16.5. The predicted octanol–water partition coefficient (Wildman–Crippen LogP) is 3.84. The van der Waals surface area contributed by atoms with Gasteiger partial charge in [-0.1, -0.05) is 30.3 Å². The van der Waals surface area contributed by atoms with Gasteiger partial charge < -0.3 is 10.1 Å². The van der Waals surface area contributed by atoms with Crippen LogP contribution in [-0.2, 0) is 0 Å². The molecule has 0 amide bonds. The second-order valence-corrected chi connectivity index (χ2v) is 5.48. The third kappa shape index (κ3) is 1.96. The van der Waals surface area contributed by atoms with Gasteiger partial charge in [-0.25, -0.2) is 4.68 Å². The number of ether oxygens (including phenoxy) is 1. The van der Waals surface area contributed by atoms with Crippen molar-refractivity contribution in [2.24, 2.45) is 0 Å². The molecule has 4 rings (SSSR count). The molecule has 0 spiro atoms. The van der Waals surface area contributed by atoms with Crippen LogP contribution >= 0.6 is 0 Å². The molecule has 0 radical (unpaired) electrons. The van der Waals surface area contributed by atoms with Crippen molar-refractivity contribution in [3.63, 3.8) is 0 Å². The molecule has 22 heavy (non-hydrogen) atoms. The van der Waals surface area contributed by atoms with E-state index in [0.29, 0.717) is 0 Å². The van der Waals surface area contributed by atoms with E-state index < -0.39 is 0 Å². The molecule has 110 valence electrons. The highest BCUT2D eigenvalue weighted by Crippen LogP contribution is 2.38. The molecule has 1 atom stereocenters. The Balaban J connectivity index is 1.84. The van der Waals surface area contributed by atoms with Crippen molar-refractivity contribution in [1.29, 1.82) is 0 Å². The van der Waals surface area contributed by atoms with Gasteiger partial charge in [0.05, 0.1) is 18.5 Å². The third-order valence-electron chi connectivity index (χ3n) is 4.03. The van der Waals surface area contributed by atoms with Crippen LogP contribution < -0.4 is 10.1 Å².